The molecule has 3 N–H and O–H groups in total. The summed E-state index contributed by atoms with van der Waals surface area (Å²) in [4.78, 5) is 37.6. The fourth-order valence-electron chi connectivity index (χ4n) is 11.4. The molecule has 5 aromatic rings. The second-order valence-corrected chi connectivity index (χ2v) is 20.4. The molecule has 1 spiro atoms. The van der Waals surface area contributed by atoms with E-state index in [1.54, 1.807) is 18.3 Å². The number of aliphatic carboxylic acids is 1. The van der Waals surface area contributed by atoms with Gasteiger partial charge in [-0.3, -0.25) is 9.78 Å². The number of anilines is 2. The summed E-state index contributed by atoms with van der Waals surface area (Å²) in [6, 6.07) is 25.8. The van der Waals surface area contributed by atoms with E-state index < -0.39 is 11.5 Å². The number of aryl methyl sites for hydroxylation is 1. The van der Waals surface area contributed by atoms with Crippen LogP contribution in [0.15, 0.2) is 91.3 Å². The number of carboxylic acid groups (broad SMARTS) is 1. The van der Waals surface area contributed by atoms with Gasteiger partial charge in [-0.15, -0.1) is 0 Å². The number of ether oxygens (including phenoxy) is 3. The topological polar surface area (TPSA) is 135 Å². The molecule has 4 aliphatic rings. The predicted molar refractivity (Wildman–Crippen MR) is 268 cm³/mol. The number of carboxylic acids is 1. The first-order valence-corrected chi connectivity index (χ1v) is 25.2. The SMILES string of the molecule is C[C@@H](COc1ccnc2c1[C@H](C)CCC2)C[C@H]1Cc2ccc(OCCCC(=O)NCc3cccc(-c4ccnc(N5CCOCC5)c4Cl)c3)cc2C12CCC(Nc1cccc(Cl)c1)(C(=O)O)CC2. The van der Waals surface area contributed by atoms with Gasteiger partial charge in [0.1, 0.15) is 22.9 Å². The van der Waals surface area contributed by atoms with Crippen molar-refractivity contribution < 1.29 is 28.9 Å². The van der Waals surface area contributed by atoms with E-state index >= 15 is 0 Å². The molecule has 3 aliphatic carbocycles. The highest BCUT2D eigenvalue weighted by Gasteiger charge is 2.54. The van der Waals surface area contributed by atoms with Gasteiger partial charge in [-0.1, -0.05) is 67.4 Å². The lowest BCUT2D eigenvalue weighted by atomic mass is 9.59. The van der Waals surface area contributed by atoms with Crippen molar-refractivity contribution in [2.75, 3.05) is 49.7 Å². The molecule has 2 aromatic heterocycles. The Bertz CT molecular complexity index is 2590. The lowest BCUT2D eigenvalue weighted by Gasteiger charge is -2.47. The summed E-state index contributed by atoms with van der Waals surface area (Å²) in [5.41, 5.74) is 7.20. The van der Waals surface area contributed by atoms with Crippen molar-refractivity contribution in [3.8, 4) is 22.6 Å². The first-order valence-electron chi connectivity index (χ1n) is 24.5. The van der Waals surface area contributed by atoms with Crippen LogP contribution in [0.25, 0.3) is 11.1 Å². The van der Waals surface area contributed by atoms with Crippen molar-refractivity contribution in [3.05, 3.63) is 129 Å². The highest BCUT2D eigenvalue weighted by atomic mass is 35.5. The Kier molecular flexibility index (Phi) is 14.8. The lowest BCUT2D eigenvalue weighted by molar-refractivity contribution is -0.144. The second-order valence-electron chi connectivity index (χ2n) is 19.5. The van der Waals surface area contributed by atoms with E-state index in [0.717, 1.165) is 79.2 Å². The van der Waals surface area contributed by atoms with Crippen molar-refractivity contribution in [1.29, 1.82) is 0 Å². The third-order valence-electron chi connectivity index (χ3n) is 15.0. The van der Waals surface area contributed by atoms with Crippen LogP contribution in [0.2, 0.25) is 10.0 Å². The predicted octanol–water partition coefficient (Wildman–Crippen LogP) is 11.2. The Balaban J connectivity index is 0.839. The summed E-state index contributed by atoms with van der Waals surface area (Å²) < 4.78 is 18.5. The molecule has 3 aromatic carbocycles. The smallest absolute Gasteiger partial charge is 0.329 e. The number of fused-ring (bicyclic) bond motifs is 3. The summed E-state index contributed by atoms with van der Waals surface area (Å²) in [6.45, 7) is 8.73. The second kappa shape index (κ2) is 21.1. The highest BCUT2D eigenvalue weighted by molar-refractivity contribution is 6.35. The van der Waals surface area contributed by atoms with Crippen molar-refractivity contribution in [3.63, 3.8) is 0 Å². The molecule has 68 heavy (non-hydrogen) atoms. The Morgan fingerprint density at radius 1 is 0.956 bits per heavy atom. The van der Waals surface area contributed by atoms with Crippen LogP contribution >= 0.6 is 23.2 Å². The number of pyridine rings is 2. The lowest BCUT2D eigenvalue weighted by Crippen LogP contribution is -2.53. The fourth-order valence-corrected chi connectivity index (χ4v) is 11.9. The number of hydrogen-bond donors (Lipinski definition) is 3. The van der Waals surface area contributed by atoms with Crippen LogP contribution in [0.4, 0.5) is 11.5 Å². The molecule has 1 saturated heterocycles. The van der Waals surface area contributed by atoms with E-state index in [-0.39, 0.29) is 17.2 Å². The van der Waals surface area contributed by atoms with E-state index in [0.29, 0.717) is 99.1 Å². The van der Waals surface area contributed by atoms with Crippen LogP contribution in [0, 0.1) is 11.8 Å². The average Bonchev–Trinajstić information content (AvgIpc) is 3.63. The molecule has 1 aliphatic heterocycles. The molecule has 0 radical (unpaired) electrons. The van der Waals surface area contributed by atoms with Gasteiger partial charge in [-0.25, -0.2) is 9.78 Å². The maximum absolute atomic E-state index is 13.1. The summed E-state index contributed by atoms with van der Waals surface area (Å²) in [6.07, 6.45) is 12.1. The summed E-state index contributed by atoms with van der Waals surface area (Å²) in [5.74, 6) is 2.60. The molecule has 358 valence electrons. The molecular weight excluding hydrogens is 898 g/mol. The number of nitrogens with one attached hydrogen (secondary N) is 2. The third kappa shape index (κ3) is 10.5. The molecule has 1 amide bonds. The zero-order valence-corrected chi connectivity index (χ0v) is 40.7. The fraction of sp³-hybridized carbons (Fsp3) is 0.455. The summed E-state index contributed by atoms with van der Waals surface area (Å²) in [7, 11) is 0. The van der Waals surface area contributed by atoms with Gasteiger partial charge in [-0.2, -0.15) is 0 Å². The first-order chi connectivity index (χ1) is 33.0. The van der Waals surface area contributed by atoms with Crippen LogP contribution in [0.5, 0.6) is 11.5 Å². The number of carbonyl (C=O) groups is 2. The van der Waals surface area contributed by atoms with Crippen molar-refractivity contribution in [1.82, 2.24) is 15.3 Å². The molecule has 11 nitrogen and oxygen atoms in total. The Labute approximate surface area is 410 Å². The van der Waals surface area contributed by atoms with Gasteiger partial charge in [0.15, 0.2) is 0 Å². The Hall–Kier alpha value is -5.36. The summed E-state index contributed by atoms with van der Waals surface area (Å²) >= 11 is 13.2. The molecule has 0 unspecified atom stereocenters. The summed E-state index contributed by atoms with van der Waals surface area (Å²) in [5, 5.41) is 18.4. The van der Waals surface area contributed by atoms with E-state index in [1.165, 1.54) is 22.4 Å². The molecule has 3 heterocycles. The quantitative estimate of drug-likeness (QED) is 0.0773. The normalized spacial score (nSPS) is 22.5. The van der Waals surface area contributed by atoms with Gasteiger partial charge in [0.2, 0.25) is 5.91 Å². The van der Waals surface area contributed by atoms with E-state index in [4.69, 9.17) is 37.4 Å². The van der Waals surface area contributed by atoms with Crippen LogP contribution < -0.4 is 25.0 Å². The minimum atomic E-state index is -1.12. The van der Waals surface area contributed by atoms with Crippen LogP contribution in [0.1, 0.15) is 106 Å². The van der Waals surface area contributed by atoms with E-state index in [2.05, 4.69) is 57.5 Å². The molecule has 1 saturated carbocycles. The van der Waals surface area contributed by atoms with Crippen molar-refractivity contribution in [2.45, 2.75) is 108 Å². The number of aromatic nitrogens is 2. The van der Waals surface area contributed by atoms with Crippen LogP contribution in [0.3, 0.4) is 0 Å². The van der Waals surface area contributed by atoms with Gasteiger partial charge in [-0.05, 0) is 158 Å². The van der Waals surface area contributed by atoms with Gasteiger partial charge >= 0.3 is 5.97 Å². The largest absolute Gasteiger partial charge is 0.494 e. The van der Waals surface area contributed by atoms with Gasteiger partial charge in [0, 0.05) is 66.0 Å². The van der Waals surface area contributed by atoms with E-state index in [1.807, 2.05) is 54.7 Å². The molecule has 2 fully saturated rings. The minimum absolute atomic E-state index is 0.0433. The maximum atomic E-state index is 13.1. The number of benzene rings is 3. The van der Waals surface area contributed by atoms with Crippen LogP contribution in [-0.4, -0.2) is 72.0 Å². The maximum Gasteiger partial charge on any atom is 0.329 e. The number of rotatable bonds is 17. The molecule has 9 rings (SSSR count). The van der Waals surface area contributed by atoms with Gasteiger partial charge in [0.05, 0.1) is 31.5 Å². The Morgan fingerprint density at radius 2 is 1.76 bits per heavy atom. The number of amides is 1. The van der Waals surface area contributed by atoms with E-state index in [9.17, 15) is 14.7 Å². The Morgan fingerprint density at radius 3 is 2.57 bits per heavy atom. The molecule has 13 heteroatoms. The average molecular weight is 961 g/mol. The van der Waals surface area contributed by atoms with Gasteiger partial charge < -0.3 is 34.9 Å². The van der Waals surface area contributed by atoms with Gasteiger partial charge in [0.25, 0.3) is 0 Å². The number of halogens is 2. The van der Waals surface area contributed by atoms with Crippen molar-refractivity contribution in [2.24, 2.45) is 11.8 Å². The number of hydrogen-bond acceptors (Lipinski definition) is 9. The first kappa shape index (κ1) is 47.7. The standard InChI is InChI=1S/C55H63Cl2N5O6/c1-36(35-68-48-17-23-58-47-12-3-7-37(2)50(47)48)29-41-31-40-14-15-44(33-46(40)54(41)18-20-55(21-19-54,53(64)65)61-43-11-5-10-42(56)32-43)67-26-6-13-49(63)60-34-38-8-4-9-39(30-38)45-16-22-59-52(51(45)57)62-24-27-66-28-25-62/h4-5,8-11,14-17,22-23,30,32-33,36-37,41,61H,3,6-7,12-13,18-21,24-29,31,34-35H2,1-2H3,(H,60,63)(H,64,65)/t36-,37-,41+,54?,55?/m1/s1. The molecular formula is C55H63Cl2N5O6. The number of carbonyl (C=O) groups excluding carboxylic acids is 1. The number of nitrogens with zero attached hydrogens (tertiary/aromatic N) is 3. The minimum Gasteiger partial charge on any atom is -0.494 e. The monoisotopic (exact) mass is 959 g/mol. The van der Waals surface area contributed by atoms with Crippen LogP contribution in [-0.2, 0) is 39.1 Å². The number of morpholine rings is 1. The molecule has 3 atom stereocenters. The molecule has 0 bridgehead atoms. The van der Waals surface area contributed by atoms with Crippen molar-refractivity contribution >= 4 is 46.6 Å². The third-order valence-corrected chi connectivity index (χ3v) is 15.6. The zero-order valence-electron chi connectivity index (χ0n) is 39.2. The zero-order chi connectivity index (χ0) is 47.3. The highest BCUT2D eigenvalue weighted by Crippen LogP contribution is 2.57.